The van der Waals surface area contributed by atoms with Crippen LogP contribution in [0, 0.1) is 0 Å². The SMILES string of the molecule is CCCNC(=O)CCNc1cc2ccccc2c(=O)[nH]1. The van der Waals surface area contributed by atoms with Crippen LogP contribution in [0.3, 0.4) is 0 Å². The monoisotopic (exact) mass is 273 g/mol. The van der Waals surface area contributed by atoms with Gasteiger partial charge < -0.3 is 15.6 Å². The van der Waals surface area contributed by atoms with Gasteiger partial charge >= 0.3 is 0 Å². The first kappa shape index (κ1) is 14.1. The number of hydrogen-bond donors (Lipinski definition) is 3. The summed E-state index contributed by atoms with van der Waals surface area (Å²) in [4.78, 5) is 26.1. The first-order valence-corrected chi connectivity index (χ1v) is 6.83. The fraction of sp³-hybridized carbons (Fsp3) is 0.333. The maximum absolute atomic E-state index is 11.9. The zero-order valence-corrected chi connectivity index (χ0v) is 11.5. The van der Waals surface area contributed by atoms with Gasteiger partial charge in [-0.2, -0.15) is 0 Å². The van der Waals surface area contributed by atoms with Crippen LogP contribution >= 0.6 is 0 Å². The van der Waals surface area contributed by atoms with Gasteiger partial charge in [0, 0.05) is 24.9 Å². The summed E-state index contributed by atoms with van der Waals surface area (Å²) in [7, 11) is 0. The van der Waals surface area contributed by atoms with Gasteiger partial charge in [-0.15, -0.1) is 0 Å². The van der Waals surface area contributed by atoms with E-state index in [0.29, 0.717) is 30.7 Å². The van der Waals surface area contributed by atoms with Crippen LogP contribution in [-0.4, -0.2) is 24.0 Å². The number of amides is 1. The minimum Gasteiger partial charge on any atom is -0.371 e. The standard InChI is InChI=1S/C15H19N3O2/c1-2-8-17-14(19)7-9-16-13-10-11-5-3-4-6-12(11)15(20)18-13/h3-6,10H,2,7-9H2,1H3,(H,17,19)(H2,16,18,20). The second kappa shape index (κ2) is 6.75. The third-order valence-corrected chi connectivity index (χ3v) is 2.99. The van der Waals surface area contributed by atoms with E-state index in [1.807, 2.05) is 31.2 Å². The van der Waals surface area contributed by atoms with Crippen LogP contribution in [0.1, 0.15) is 19.8 Å². The molecule has 1 amide bonds. The lowest BCUT2D eigenvalue weighted by atomic mass is 10.2. The predicted molar refractivity (Wildman–Crippen MR) is 81.0 cm³/mol. The Bertz CT molecular complexity index is 649. The summed E-state index contributed by atoms with van der Waals surface area (Å²) in [6.07, 6.45) is 1.31. The first-order chi connectivity index (χ1) is 9.70. The molecule has 0 bridgehead atoms. The predicted octanol–water partition coefficient (Wildman–Crippen LogP) is 1.86. The van der Waals surface area contributed by atoms with E-state index in [4.69, 9.17) is 0 Å². The van der Waals surface area contributed by atoms with E-state index in [1.54, 1.807) is 6.07 Å². The van der Waals surface area contributed by atoms with Crippen LogP contribution in [-0.2, 0) is 4.79 Å². The van der Waals surface area contributed by atoms with Gasteiger partial charge in [0.05, 0.1) is 0 Å². The lowest BCUT2D eigenvalue weighted by Crippen LogP contribution is -2.26. The summed E-state index contributed by atoms with van der Waals surface area (Å²) in [6.45, 7) is 3.20. The molecular weight excluding hydrogens is 254 g/mol. The average Bonchev–Trinajstić information content (AvgIpc) is 2.45. The highest BCUT2D eigenvalue weighted by Gasteiger charge is 2.02. The third-order valence-electron chi connectivity index (χ3n) is 2.99. The Hall–Kier alpha value is -2.30. The number of fused-ring (bicyclic) bond motifs is 1. The fourth-order valence-electron chi connectivity index (χ4n) is 1.97. The molecule has 0 atom stereocenters. The van der Waals surface area contributed by atoms with Gasteiger partial charge in [0.15, 0.2) is 0 Å². The van der Waals surface area contributed by atoms with Crippen molar-refractivity contribution in [2.24, 2.45) is 0 Å². The van der Waals surface area contributed by atoms with Crippen LogP contribution in [0.5, 0.6) is 0 Å². The number of nitrogens with one attached hydrogen (secondary N) is 3. The molecule has 0 fully saturated rings. The molecule has 20 heavy (non-hydrogen) atoms. The summed E-state index contributed by atoms with van der Waals surface area (Å²) >= 11 is 0. The molecule has 0 aliphatic heterocycles. The molecule has 0 radical (unpaired) electrons. The molecule has 1 heterocycles. The van der Waals surface area contributed by atoms with Gasteiger partial charge in [-0.3, -0.25) is 9.59 Å². The van der Waals surface area contributed by atoms with Crippen molar-refractivity contribution in [3.8, 4) is 0 Å². The van der Waals surface area contributed by atoms with E-state index >= 15 is 0 Å². The number of carbonyl (C=O) groups is 1. The molecule has 0 spiro atoms. The van der Waals surface area contributed by atoms with Crippen LogP contribution in [0.4, 0.5) is 5.82 Å². The second-order valence-electron chi connectivity index (χ2n) is 4.63. The minimum atomic E-state index is -0.124. The van der Waals surface area contributed by atoms with Gasteiger partial charge in [0.2, 0.25) is 5.91 Å². The van der Waals surface area contributed by atoms with Crippen molar-refractivity contribution < 1.29 is 4.79 Å². The molecule has 1 aromatic heterocycles. The fourth-order valence-corrected chi connectivity index (χ4v) is 1.97. The van der Waals surface area contributed by atoms with Crippen LogP contribution in [0.15, 0.2) is 35.1 Å². The highest BCUT2D eigenvalue weighted by atomic mass is 16.1. The smallest absolute Gasteiger partial charge is 0.257 e. The van der Waals surface area contributed by atoms with Gasteiger partial charge in [-0.25, -0.2) is 0 Å². The number of benzene rings is 1. The summed E-state index contributed by atoms with van der Waals surface area (Å²) in [6, 6.07) is 9.28. The lowest BCUT2D eigenvalue weighted by Gasteiger charge is -2.07. The Balaban J connectivity index is 1.97. The normalized spacial score (nSPS) is 10.4. The van der Waals surface area contributed by atoms with E-state index in [-0.39, 0.29) is 11.5 Å². The van der Waals surface area contributed by atoms with E-state index in [2.05, 4.69) is 15.6 Å². The van der Waals surface area contributed by atoms with Crippen molar-refractivity contribution in [1.82, 2.24) is 10.3 Å². The summed E-state index contributed by atoms with van der Waals surface area (Å²) in [5.41, 5.74) is -0.124. The number of aromatic amines is 1. The Morgan fingerprint density at radius 2 is 2.05 bits per heavy atom. The van der Waals surface area contributed by atoms with E-state index in [0.717, 1.165) is 11.8 Å². The number of anilines is 1. The van der Waals surface area contributed by atoms with Crippen LogP contribution in [0.25, 0.3) is 10.8 Å². The Kier molecular flexibility index (Phi) is 4.76. The third kappa shape index (κ3) is 3.60. The number of hydrogen-bond acceptors (Lipinski definition) is 3. The molecule has 5 nitrogen and oxygen atoms in total. The topological polar surface area (TPSA) is 74.0 Å². The maximum Gasteiger partial charge on any atom is 0.257 e. The highest BCUT2D eigenvalue weighted by Crippen LogP contribution is 2.12. The van der Waals surface area contributed by atoms with E-state index < -0.39 is 0 Å². The first-order valence-electron chi connectivity index (χ1n) is 6.83. The Morgan fingerprint density at radius 1 is 1.25 bits per heavy atom. The van der Waals surface area contributed by atoms with Crippen molar-refractivity contribution >= 4 is 22.5 Å². The maximum atomic E-state index is 11.9. The van der Waals surface area contributed by atoms with Gasteiger partial charge in [-0.05, 0) is 23.9 Å². The van der Waals surface area contributed by atoms with Gasteiger partial charge in [-0.1, -0.05) is 25.1 Å². The van der Waals surface area contributed by atoms with Gasteiger partial charge in [0.25, 0.3) is 5.56 Å². The number of carbonyl (C=O) groups excluding carboxylic acids is 1. The molecule has 0 unspecified atom stereocenters. The number of H-pyrrole nitrogens is 1. The molecule has 0 saturated carbocycles. The highest BCUT2D eigenvalue weighted by molar-refractivity contribution is 5.83. The molecule has 0 saturated heterocycles. The Morgan fingerprint density at radius 3 is 2.85 bits per heavy atom. The largest absolute Gasteiger partial charge is 0.371 e. The molecule has 0 aliphatic carbocycles. The Labute approximate surface area is 117 Å². The average molecular weight is 273 g/mol. The molecule has 0 aliphatic rings. The summed E-state index contributed by atoms with van der Waals surface area (Å²) < 4.78 is 0. The molecule has 3 N–H and O–H groups in total. The van der Waals surface area contributed by atoms with Crippen molar-refractivity contribution in [3.63, 3.8) is 0 Å². The summed E-state index contributed by atoms with van der Waals surface area (Å²) in [5.74, 6) is 0.652. The molecule has 2 aromatic rings. The van der Waals surface area contributed by atoms with E-state index in [9.17, 15) is 9.59 Å². The molecule has 106 valence electrons. The number of pyridine rings is 1. The van der Waals surface area contributed by atoms with Crippen molar-refractivity contribution in [3.05, 3.63) is 40.7 Å². The molecule has 1 aromatic carbocycles. The quantitative estimate of drug-likeness (QED) is 0.752. The number of rotatable bonds is 6. The van der Waals surface area contributed by atoms with Crippen LogP contribution < -0.4 is 16.2 Å². The van der Waals surface area contributed by atoms with Crippen molar-refractivity contribution in [2.75, 3.05) is 18.4 Å². The van der Waals surface area contributed by atoms with Crippen molar-refractivity contribution in [1.29, 1.82) is 0 Å². The molecule has 5 heteroatoms. The van der Waals surface area contributed by atoms with Crippen LogP contribution in [0.2, 0.25) is 0 Å². The van der Waals surface area contributed by atoms with Gasteiger partial charge in [0.1, 0.15) is 5.82 Å². The van der Waals surface area contributed by atoms with E-state index in [1.165, 1.54) is 0 Å². The molecular formula is C15H19N3O2. The molecule has 2 rings (SSSR count). The second-order valence-corrected chi connectivity index (χ2v) is 4.63. The zero-order chi connectivity index (χ0) is 14.4. The minimum absolute atomic E-state index is 0.0162. The lowest BCUT2D eigenvalue weighted by molar-refractivity contribution is -0.120. The number of aromatic nitrogens is 1. The summed E-state index contributed by atoms with van der Waals surface area (Å²) in [5, 5.41) is 7.43. The van der Waals surface area contributed by atoms with Crippen molar-refractivity contribution in [2.45, 2.75) is 19.8 Å². The zero-order valence-electron chi connectivity index (χ0n) is 11.5.